The highest BCUT2D eigenvalue weighted by molar-refractivity contribution is 7.90. The second-order valence-corrected chi connectivity index (χ2v) is 8.54. The number of sulfone groups is 1. The first kappa shape index (κ1) is 18.1. The highest BCUT2D eigenvalue weighted by Crippen LogP contribution is 2.27. The molecular formula is C19H20N2O4S. The molecule has 1 N–H and O–H groups in total. The van der Waals surface area contributed by atoms with Gasteiger partial charge in [-0.25, -0.2) is 13.4 Å². The van der Waals surface area contributed by atoms with Crippen molar-refractivity contribution in [2.75, 3.05) is 6.26 Å². The van der Waals surface area contributed by atoms with Crippen molar-refractivity contribution in [3.05, 3.63) is 58.9 Å². The maximum Gasteiger partial charge on any atom is 0.307 e. The molecule has 0 saturated carbocycles. The highest BCUT2D eigenvalue weighted by Gasteiger charge is 2.18. The number of aryl methyl sites for hydroxylation is 1. The van der Waals surface area contributed by atoms with Crippen molar-refractivity contribution >= 4 is 26.8 Å². The molecule has 0 atom stereocenters. The molecule has 0 spiro atoms. The minimum atomic E-state index is -3.23. The molecule has 3 rings (SSSR count). The van der Waals surface area contributed by atoms with Gasteiger partial charge in [0.2, 0.25) is 0 Å². The zero-order chi connectivity index (χ0) is 19.1. The van der Waals surface area contributed by atoms with Gasteiger partial charge in [0.15, 0.2) is 9.84 Å². The van der Waals surface area contributed by atoms with Crippen LogP contribution in [0.2, 0.25) is 0 Å². The fraction of sp³-hybridized carbons (Fsp3) is 0.263. The molecule has 2 aromatic heterocycles. The predicted octanol–water partition coefficient (Wildman–Crippen LogP) is 2.73. The van der Waals surface area contributed by atoms with Gasteiger partial charge in [-0.1, -0.05) is 12.1 Å². The number of fused-ring (bicyclic) bond motifs is 1. The summed E-state index contributed by atoms with van der Waals surface area (Å²) in [6, 6.07) is 8.67. The largest absolute Gasteiger partial charge is 0.481 e. The van der Waals surface area contributed by atoms with E-state index in [2.05, 4.69) is 4.98 Å². The Balaban J connectivity index is 2.07. The molecule has 0 fully saturated rings. The van der Waals surface area contributed by atoms with E-state index in [1.165, 1.54) is 6.26 Å². The van der Waals surface area contributed by atoms with Crippen molar-refractivity contribution in [3.63, 3.8) is 0 Å². The van der Waals surface area contributed by atoms with Crippen LogP contribution in [0.1, 0.15) is 22.4 Å². The van der Waals surface area contributed by atoms with Crippen LogP contribution in [0.25, 0.3) is 11.0 Å². The molecule has 3 aromatic rings. The number of benzene rings is 1. The van der Waals surface area contributed by atoms with E-state index in [9.17, 15) is 18.3 Å². The summed E-state index contributed by atoms with van der Waals surface area (Å²) in [6.07, 6.45) is 2.87. The number of aromatic nitrogens is 2. The van der Waals surface area contributed by atoms with Gasteiger partial charge >= 0.3 is 5.97 Å². The lowest BCUT2D eigenvalue weighted by molar-refractivity contribution is -0.136. The zero-order valence-corrected chi connectivity index (χ0v) is 15.7. The van der Waals surface area contributed by atoms with E-state index in [1.807, 2.05) is 24.5 Å². The van der Waals surface area contributed by atoms with Gasteiger partial charge in [-0.3, -0.25) is 4.79 Å². The van der Waals surface area contributed by atoms with Gasteiger partial charge < -0.3 is 9.67 Å². The van der Waals surface area contributed by atoms with Crippen LogP contribution in [0.4, 0.5) is 0 Å². The van der Waals surface area contributed by atoms with Gasteiger partial charge in [0.1, 0.15) is 5.65 Å². The molecule has 0 aliphatic rings. The molecule has 0 aliphatic heterocycles. The Morgan fingerprint density at radius 2 is 1.85 bits per heavy atom. The van der Waals surface area contributed by atoms with E-state index >= 15 is 0 Å². The number of nitrogens with zero attached hydrogens (tertiary/aromatic N) is 2. The molecule has 1 aromatic carbocycles. The standard InChI is InChI=1S/C19H20N2O4S/c1-12-8-17-16(9-18(22)23)13(2)21(19(17)20-10-12)11-14-4-6-15(7-5-14)26(3,24)25/h4-8,10H,9,11H2,1-3H3,(H,22,23). The highest BCUT2D eigenvalue weighted by atomic mass is 32.2. The smallest absolute Gasteiger partial charge is 0.307 e. The molecule has 0 bridgehead atoms. The van der Waals surface area contributed by atoms with Crippen LogP contribution < -0.4 is 0 Å². The van der Waals surface area contributed by atoms with Crippen LogP contribution in [0.5, 0.6) is 0 Å². The van der Waals surface area contributed by atoms with Crippen molar-refractivity contribution in [2.45, 2.75) is 31.7 Å². The summed E-state index contributed by atoms with van der Waals surface area (Å²) in [6.45, 7) is 4.30. The monoisotopic (exact) mass is 372 g/mol. The van der Waals surface area contributed by atoms with Crippen LogP contribution in [0.15, 0.2) is 41.4 Å². The van der Waals surface area contributed by atoms with Crippen molar-refractivity contribution in [2.24, 2.45) is 0 Å². The molecule has 0 radical (unpaired) electrons. The maximum atomic E-state index is 11.6. The molecule has 0 aliphatic carbocycles. The summed E-state index contributed by atoms with van der Waals surface area (Å²) in [4.78, 5) is 16.0. The molecule has 26 heavy (non-hydrogen) atoms. The van der Waals surface area contributed by atoms with E-state index in [4.69, 9.17) is 0 Å². The third-order valence-electron chi connectivity index (χ3n) is 4.45. The lowest BCUT2D eigenvalue weighted by Gasteiger charge is -2.09. The second kappa shape index (κ2) is 6.57. The van der Waals surface area contributed by atoms with Gasteiger partial charge in [-0.15, -0.1) is 0 Å². The SMILES string of the molecule is Cc1cnc2c(c1)c(CC(=O)O)c(C)n2Cc1ccc(S(C)(=O)=O)cc1. The Labute approximate surface area is 152 Å². The number of aliphatic carboxylic acids is 1. The number of carbonyl (C=O) groups is 1. The van der Waals surface area contributed by atoms with Crippen molar-refractivity contribution in [3.8, 4) is 0 Å². The Morgan fingerprint density at radius 1 is 1.19 bits per heavy atom. The Morgan fingerprint density at radius 3 is 2.42 bits per heavy atom. The van der Waals surface area contributed by atoms with Gasteiger partial charge in [0.05, 0.1) is 11.3 Å². The second-order valence-electron chi connectivity index (χ2n) is 6.52. The Bertz CT molecular complexity index is 1100. The van der Waals surface area contributed by atoms with E-state index in [1.54, 1.807) is 30.5 Å². The predicted molar refractivity (Wildman–Crippen MR) is 99.2 cm³/mol. The molecule has 6 nitrogen and oxygen atoms in total. The molecule has 7 heteroatoms. The number of hydrogen-bond acceptors (Lipinski definition) is 4. The molecular weight excluding hydrogens is 352 g/mol. The Hall–Kier alpha value is -2.67. The summed E-state index contributed by atoms with van der Waals surface area (Å²) in [5, 5.41) is 10.1. The summed E-state index contributed by atoms with van der Waals surface area (Å²) in [7, 11) is -3.23. The number of pyridine rings is 1. The third-order valence-corrected chi connectivity index (χ3v) is 5.57. The van der Waals surface area contributed by atoms with Crippen LogP contribution in [-0.2, 0) is 27.6 Å². The lowest BCUT2D eigenvalue weighted by atomic mass is 10.1. The van der Waals surface area contributed by atoms with Crippen LogP contribution in [0, 0.1) is 13.8 Å². The van der Waals surface area contributed by atoms with Crippen LogP contribution in [0.3, 0.4) is 0 Å². The summed E-state index contributed by atoms with van der Waals surface area (Å²) >= 11 is 0. The first-order valence-electron chi connectivity index (χ1n) is 8.12. The molecule has 136 valence electrons. The number of rotatable bonds is 5. The van der Waals surface area contributed by atoms with E-state index in [0.29, 0.717) is 6.54 Å². The van der Waals surface area contributed by atoms with Crippen LogP contribution >= 0.6 is 0 Å². The first-order valence-corrected chi connectivity index (χ1v) is 10.0. The molecule has 0 amide bonds. The van der Waals surface area contributed by atoms with E-state index in [0.717, 1.165) is 33.4 Å². The van der Waals surface area contributed by atoms with Gasteiger partial charge in [0.25, 0.3) is 0 Å². The average Bonchev–Trinajstić information content (AvgIpc) is 2.79. The fourth-order valence-corrected chi connectivity index (χ4v) is 3.74. The maximum absolute atomic E-state index is 11.6. The van der Waals surface area contributed by atoms with Gasteiger partial charge in [-0.05, 0) is 48.7 Å². The lowest BCUT2D eigenvalue weighted by Crippen LogP contribution is -2.06. The summed E-state index contributed by atoms with van der Waals surface area (Å²) in [5.74, 6) is -0.883. The Kier molecular flexibility index (Phi) is 4.58. The van der Waals surface area contributed by atoms with E-state index < -0.39 is 15.8 Å². The van der Waals surface area contributed by atoms with Crippen LogP contribution in [-0.4, -0.2) is 35.3 Å². The fourth-order valence-electron chi connectivity index (χ4n) is 3.11. The van der Waals surface area contributed by atoms with E-state index in [-0.39, 0.29) is 11.3 Å². The first-order chi connectivity index (χ1) is 12.2. The minimum Gasteiger partial charge on any atom is -0.481 e. The normalized spacial score (nSPS) is 11.8. The molecule has 2 heterocycles. The van der Waals surface area contributed by atoms with Crippen molar-refractivity contribution in [1.82, 2.24) is 9.55 Å². The average molecular weight is 372 g/mol. The van der Waals surface area contributed by atoms with Crippen molar-refractivity contribution in [1.29, 1.82) is 0 Å². The molecule has 0 saturated heterocycles. The van der Waals surface area contributed by atoms with Gasteiger partial charge in [0, 0.05) is 30.1 Å². The quantitative estimate of drug-likeness (QED) is 0.744. The van der Waals surface area contributed by atoms with Gasteiger partial charge in [-0.2, -0.15) is 0 Å². The summed E-state index contributed by atoms with van der Waals surface area (Å²) < 4.78 is 25.2. The zero-order valence-electron chi connectivity index (χ0n) is 14.9. The third kappa shape index (κ3) is 3.48. The number of carboxylic acid groups (broad SMARTS) is 1. The minimum absolute atomic E-state index is 0.0620. The summed E-state index contributed by atoms with van der Waals surface area (Å²) in [5.41, 5.74) is 4.24. The topological polar surface area (TPSA) is 89.3 Å². The number of carboxylic acids is 1. The number of hydrogen-bond donors (Lipinski definition) is 1. The van der Waals surface area contributed by atoms with Crippen molar-refractivity contribution < 1.29 is 18.3 Å². The molecule has 0 unspecified atom stereocenters.